The second-order valence-corrected chi connectivity index (χ2v) is 9.89. The zero-order valence-corrected chi connectivity index (χ0v) is 22.4. The second-order valence-electron chi connectivity index (χ2n) is 9.89. The van der Waals surface area contributed by atoms with E-state index in [2.05, 4.69) is 5.32 Å². The van der Waals surface area contributed by atoms with E-state index >= 15 is 0 Å². The third kappa shape index (κ3) is 6.03. The average Bonchev–Trinajstić information content (AvgIpc) is 3.19. The van der Waals surface area contributed by atoms with Gasteiger partial charge in [-0.2, -0.15) is 0 Å². The van der Waals surface area contributed by atoms with E-state index in [9.17, 15) is 24.5 Å². The van der Waals surface area contributed by atoms with Gasteiger partial charge in [0, 0.05) is 55.7 Å². The van der Waals surface area contributed by atoms with Crippen molar-refractivity contribution in [3.05, 3.63) is 69.8 Å². The summed E-state index contributed by atoms with van der Waals surface area (Å²) < 4.78 is 5.30. The number of anilines is 1. The van der Waals surface area contributed by atoms with Crippen LogP contribution >= 0.6 is 0 Å². The molecule has 0 radical (unpaired) electrons. The zero-order chi connectivity index (χ0) is 28.0. The van der Waals surface area contributed by atoms with Crippen molar-refractivity contribution in [1.82, 2.24) is 15.1 Å². The fraction of sp³-hybridized carbons (Fsp3) is 0.464. The summed E-state index contributed by atoms with van der Waals surface area (Å²) in [4.78, 5) is 55.8. The summed E-state index contributed by atoms with van der Waals surface area (Å²) >= 11 is 0. The maximum atomic E-state index is 13.8. The number of piperidine rings is 1. The number of benzene rings is 2. The number of hydrogen-bond acceptors (Lipinski definition) is 7. The highest BCUT2D eigenvalue weighted by atomic mass is 16.6. The molecular weight excluding hydrogens is 502 g/mol. The van der Waals surface area contributed by atoms with E-state index in [-0.39, 0.29) is 42.2 Å². The van der Waals surface area contributed by atoms with Gasteiger partial charge in [0.05, 0.1) is 11.6 Å². The minimum Gasteiger partial charge on any atom is -0.382 e. The lowest BCUT2D eigenvalue weighted by molar-refractivity contribution is -0.385. The first-order valence-corrected chi connectivity index (χ1v) is 13.3. The first-order chi connectivity index (χ1) is 18.8. The van der Waals surface area contributed by atoms with Crippen LogP contribution in [0.2, 0.25) is 0 Å². The number of nitro benzene ring substituents is 1. The van der Waals surface area contributed by atoms with Gasteiger partial charge < -0.3 is 24.8 Å². The Balaban J connectivity index is 1.47. The number of nitro groups is 1. The number of para-hydroxylation sites is 1. The summed E-state index contributed by atoms with van der Waals surface area (Å²) in [6.45, 7) is 6.07. The van der Waals surface area contributed by atoms with Crippen LogP contribution in [0.5, 0.6) is 0 Å². The molecule has 4 rings (SSSR count). The van der Waals surface area contributed by atoms with E-state index in [4.69, 9.17) is 4.74 Å². The molecule has 2 fully saturated rings. The van der Waals surface area contributed by atoms with Gasteiger partial charge in [0.2, 0.25) is 5.91 Å². The molecule has 1 spiro atoms. The lowest BCUT2D eigenvalue weighted by Gasteiger charge is -2.43. The number of nitrogens with one attached hydrogen (secondary N) is 1. The highest BCUT2D eigenvalue weighted by Gasteiger charge is 2.54. The van der Waals surface area contributed by atoms with Crippen molar-refractivity contribution in [3.63, 3.8) is 0 Å². The first kappa shape index (κ1) is 28.0. The predicted molar refractivity (Wildman–Crippen MR) is 145 cm³/mol. The quantitative estimate of drug-likeness (QED) is 0.281. The smallest absolute Gasteiger partial charge is 0.273 e. The number of hydrogen-bond donors (Lipinski definition) is 1. The monoisotopic (exact) mass is 537 g/mol. The highest BCUT2D eigenvalue weighted by molar-refractivity contribution is 5.98. The molecule has 1 N–H and O–H groups in total. The van der Waals surface area contributed by atoms with Gasteiger partial charge in [-0.3, -0.25) is 24.5 Å². The van der Waals surface area contributed by atoms with Crippen LogP contribution in [0.3, 0.4) is 0 Å². The van der Waals surface area contributed by atoms with Gasteiger partial charge in [-0.15, -0.1) is 0 Å². The standard InChI is InChI=1S/C28H35N5O6/c1-3-39-17-7-14-29-25(34)19-31-20-32(23-8-5-4-6-9-23)28(27(31)36)12-15-30(16-13-28)26(35)22-11-10-21(2)24(18-22)33(37)38/h4-6,8-11,18H,3,7,12-17,19-20H2,1-2H3,(H,29,34). The third-order valence-electron chi connectivity index (χ3n) is 7.44. The van der Waals surface area contributed by atoms with Crippen LogP contribution in [0.15, 0.2) is 48.5 Å². The Kier molecular flexibility index (Phi) is 8.80. The number of carbonyl (C=O) groups is 3. The van der Waals surface area contributed by atoms with Gasteiger partial charge in [-0.05, 0) is 51.3 Å². The molecule has 2 aromatic carbocycles. The van der Waals surface area contributed by atoms with Gasteiger partial charge in [-0.1, -0.05) is 24.3 Å². The van der Waals surface area contributed by atoms with Gasteiger partial charge in [-0.25, -0.2) is 0 Å². The molecule has 3 amide bonds. The Morgan fingerprint density at radius 3 is 2.51 bits per heavy atom. The minimum atomic E-state index is -0.882. The SMILES string of the molecule is CCOCCCNC(=O)CN1CN(c2ccccc2)C2(CCN(C(=O)c3ccc(C)c([N+](=O)[O-])c3)CC2)C1=O. The number of rotatable bonds is 10. The van der Waals surface area contributed by atoms with Gasteiger partial charge >= 0.3 is 0 Å². The molecule has 11 heteroatoms. The number of carbonyl (C=O) groups excluding carboxylic acids is 3. The molecule has 2 heterocycles. The Labute approximate surface area is 227 Å². The number of amides is 3. The Bertz CT molecular complexity index is 1210. The van der Waals surface area contributed by atoms with Crippen LogP contribution in [0.1, 0.15) is 42.1 Å². The van der Waals surface area contributed by atoms with Crippen molar-refractivity contribution >= 4 is 29.1 Å². The first-order valence-electron chi connectivity index (χ1n) is 13.3. The van der Waals surface area contributed by atoms with E-state index < -0.39 is 10.5 Å². The van der Waals surface area contributed by atoms with E-state index in [1.165, 1.54) is 6.07 Å². The fourth-order valence-corrected chi connectivity index (χ4v) is 5.30. The summed E-state index contributed by atoms with van der Waals surface area (Å²) in [6.07, 6.45) is 1.46. The lowest BCUT2D eigenvalue weighted by Crippen LogP contribution is -2.57. The molecule has 2 aliphatic heterocycles. The summed E-state index contributed by atoms with van der Waals surface area (Å²) in [5.41, 5.74) is 0.639. The maximum Gasteiger partial charge on any atom is 0.273 e. The molecule has 0 unspecified atom stereocenters. The summed E-state index contributed by atoms with van der Waals surface area (Å²) in [6, 6.07) is 14.1. The highest BCUT2D eigenvalue weighted by Crippen LogP contribution is 2.39. The van der Waals surface area contributed by atoms with Crippen LogP contribution in [0.4, 0.5) is 11.4 Å². The Hall–Kier alpha value is -3.99. The van der Waals surface area contributed by atoms with Crippen molar-refractivity contribution in [3.8, 4) is 0 Å². The minimum absolute atomic E-state index is 0.0474. The predicted octanol–water partition coefficient (Wildman–Crippen LogP) is 2.73. The summed E-state index contributed by atoms with van der Waals surface area (Å²) in [5.74, 6) is -0.652. The molecule has 208 valence electrons. The molecule has 0 aromatic heterocycles. The fourth-order valence-electron chi connectivity index (χ4n) is 5.30. The molecule has 2 aliphatic rings. The van der Waals surface area contributed by atoms with E-state index in [1.807, 2.05) is 42.2 Å². The molecule has 39 heavy (non-hydrogen) atoms. The number of aryl methyl sites for hydroxylation is 1. The molecule has 0 bridgehead atoms. The molecule has 2 aromatic rings. The van der Waals surface area contributed by atoms with E-state index in [0.717, 1.165) is 5.69 Å². The normalized spacial score (nSPS) is 16.6. The van der Waals surface area contributed by atoms with Crippen molar-refractivity contribution in [2.45, 2.75) is 38.6 Å². The molecule has 0 saturated carbocycles. The maximum absolute atomic E-state index is 13.8. The molecular formula is C28H35N5O6. The number of nitrogens with zero attached hydrogens (tertiary/aromatic N) is 4. The van der Waals surface area contributed by atoms with Crippen molar-refractivity contribution in [2.24, 2.45) is 0 Å². The Morgan fingerprint density at radius 1 is 1.13 bits per heavy atom. The lowest BCUT2D eigenvalue weighted by atomic mass is 9.85. The molecule has 2 saturated heterocycles. The van der Waals surface area contributed by atoms with Crippen LogP contribution in [-0.4, -0.2) is 84.0 Å². The van der Waals surface area contributed by atoms with Gasteiger partial charge in [0.15, 0.2) is 0 Å². The van der Waals surface area contributed by atoms with Crippen LogP contribution in [0.25, 0.3) is 0 Å². The Morgan fingerprint density at radius 2 is 1.85 bits per heavy atom. The summed E-state index contributed by atoms with van der Waals surface area (Å²) in [7, 11) is 0. The zero-order valence-electron chi connectivity index (χ0n) is 22.4. The van der Waals surface area contributed by atoms with Crippen molar-refractivity contribution in [1.29, 1.82) is 0 Å². The van der Waals surface area contributed by atoms with Crippen molar-refractivity contribution < 1.29 is 24.0 Å². The van der Waals surface area contributed by atoms with Crippen LogP contribution < -0.4 is 10.2 Å². The topological polar surface area (TPSA) is 125 Å². The molecule has 0 atom stereocenters. The van der Waals surface area contributed by atoms with E-state index in [0.29, 0.717) is 57.7 Å². The third-order valence-corrected chi connectivity index (χ3v) is 7.44. The van der Waals surface area contributed by atoms with Gasteiger partial charge in [0.1, 0.15) is 12.1 Å². The molecule has 0 aliphatic carbocycles. The molecule has 11 nitrogen and oxygen atoms in total. The average molecular weight is 538 g/mol. The van der Waals surface area contributed by atoms with Crippen molar-refractivity contribution in [2.75, 3.05) is 51.0 Å². The van der Waals surface area contributed by atoms with Crippen LogP contribution in [-0.2, 0) is 14.3 Å². The second kappa shape index (κ2) is 12.2. The number of likely N-dealkylation sites (tertiary alicyclic amines) is 1. The van der Waals surface area contributed by atoms with Crippen LogP contribution in [0, 0.1) is 17.0 Å². The largest absolute Gasteiger partial charge is 0.382 e. The number of ether oxygens (including phenoxy) is 1. The summed E-state index contributed by atoms with van der Waals surface area (Å²) in [5, 5.41) is 14.2. The van der Waals surface area contributed by atoms with Gasteiger partial charge in [0.25, 0.3) is 17.5 Å². The van der Waals surface area contributed by atoms with E-state index in [1.54, 1.807) is 28.9 Å².